The summed E-state index contributed by atoms with van der Waals surface area (Å²) >= 11 is 1.40. The number of thiazole rings is 1. The number of esters is 1. The predicted molar refractivity (Wildman–Crippen MR) is 108 cm³/mol. The number of aromatic nitrogens is 1. The zero-order valence-corrected chi connectivity index (χ0v) is 16.1. The third-order valence-electron chi connectivity index (χ3n) is 4.29. The second-order valence-electron chi connectivity index (χ2n) is 6.27. The molecule has 0 unspecified atom stereocenters. The average molecular weight is 388 g/mol. The van der Waals surface area contributed by atoms with Crippen molar-refractivity contribution < 1.29 is 14.6 Å². The second-order valence-corrected chi connectivity index (χ2v) is 7.13. The van der Waals surface area contributed by atoms with Gasteiger partial charge in [-0.1, -0.05) is 18.2 Å². The van der Waals surface area contributed by atoms with Gasteiger partial charge in [0, 0.05) is 29.7 Å². The summed E-state index contributed by atoms with van der Waals surface area (Å²) in [6.45, 7) is 3.82. The van der Waals surface area contributed by atoms with Gasteiger partial charge in [-0.2, -0.15) is 5.10 Å². The number of carbonyl (C=O) groups is 1. The molecule has 1 aliphatic rings. The first-order chi connectivity index (χ1) is 13.2. The Bertz CT molecular complexity index is 785. The highest BCUT2D eigenvalue weighted by atomic mass is 32.1. The van der Waals surface area contributed by atoms with E-state index in [1.54, 1.807) is 13.1 Å². The van der Waals surface area contributed by atoms with Gasteiger partial charge < -0.3 is 14.7 Å². The van der Waals surface area contributed by atoms with Crippen LogP contribution in [-0.4, -0.2) is 48.1 Å². The highest BCUT2D eigenvalue weighted by molar-refractivity contribution is 7.13. The Kier molecular flexibility index (Phi) is 6.78. The molecule has 0 aliphatic carbocycles. The summed E-state index contributed by atoms with van der Waals surface area (Å²) in [6, 6.07) is 8.07. The molecule has 3 rings (SSSR count). The van der Waals surface area contributed by atoms with Crippen molar-refractivity contribution in [3.8, 4) is 0 Å². The number of hydrogen-bond donors (Lipinski definition) is 2. The fraction of sp³-hybridized carbons (Fsp3) is 0.421. The van der Waals surface area contributed by atoms with Crippen LogP contribution < -0.4 is 10.3 Å². The summed E-state index contributed by atoms with van der Waals surface area (Å²) in [7, 11) is 0. The maximum atomic E-state index is 11.5. The van der Waals surface area contributed by atoms with Crippen LogP contribution in [0.2, 0.25) is 0 Å². The van der Waals surface area contributed by atoms with E-state index in [1.807, 2.05) is 23.6 Å². The molecule has 7 nitrogen and oxygen atoms in total. The van der Waals surface area contributed by atoms with E-state index in [-0.39, 0.29) is 18.5 Å². The molecule has 0 saturated carbocycles. The van der Waals surface area contributed by atoms with Crippen LogP contribution in [0.25, 0.3) is 0 Å². The van der Waals surface area contributed by atoms with Gasteiger partial charge in [0.2, 0.25) is 5.13 Å². The van der Waals surface area contributed by atoms with Gasteiger partial charge in [0.25, 0.3) is 0 Å². The number of benzene rings is 1. The van der Waals surface area contributed by atoms with E-state index in [9.17, 15) is 9.90 Å². The lowest BCUT2D eigenvalue weighted by atomic mass is 10.1. The Balaban J connectivity index is 1.60. The fourth-order valence-corrected chi connectivity index (χ4v) is 3.61. The first-order valence-corrected chi connectivity index (χ1v) is 9.95. The number of hydrazone groups is 1. The highest BCUT2D eigenvalue weighted by Gasteiger charge is 2.18. The summed E-state index contributed by atoms with van der Waals surface area (Å²) in [5.41, 5.74) is 5.70. The van der Waals surface area contributed by atoms with Crippen LogP contribution >= 0.6 is 11.3 Å². The number of hydrogen-bond acceptors (Lipinski definition) is 8. The number of ether oxygens (including phenoxy) is 1. The first-order valence-electron chi connectivity index (χ1n) is 9.07. The number of nitrogens with one attached hydrogen (secondary N) is 1. The quantitative estimate of drug-likeness (QED) is 0.431. The lowest BCUT2D eigenvalue weighted by Gasteiger charge is -2.32. The van der Waals surface area contributed by atoms with Gasteiger partial charge in [0.05, 0.1) is 31.0 Å². The molecule has 1 saturated heterocycles. The topological polar surface area (TPSA) is 87.0 Å². The zero-order chi connectivity index (χ0) is 19.1. The fourth-order valence-electron chi connectivity index (χ4n) is 2.95. The van der Waals surface area contributed by atoms with Crippen LogP contribution in [0.15, 0.2) is 34.7 Å². The number of aliphatic hydroxyl groups excluding tert-OH is 1. The molecule has 0 bridgehead atoms. The number of nitrogens with zero attached hydrogens (tertiary/aromatic N) is 3. The summed E-state index contributed by atoms with van der Waals surface area (Å²) < 4.78 is 4.93. The van der Waals surface area contributed by atoms with E-state index in [1.165, 1.54) is 11.3 Å². The van der Waals surface area contributed by atoms with Crippen LogP contribution in [0.4, 0.5) is 10.8 Å². The van der Waals surface area contributed by atoms with E-state index >= 15 is 0 Å². The van der Waals surface area contributed by atoms with E-state index in [2.05, 4.69) is 26.5 Å². The Morgan fingerprint density at radius 3 is 3.00 bits per heavy atom. The van der Waals surface area contributed by atoms with Crippen LogP contribution in [0.3, 0.4) is 0 Å². The van der Waals surface area contributed by atoms with Crippen molar-refractivity contribution in [3.63, 3.8) is 0 Å². The van der Waals surface area contributed by atoms with Crippen LogP contribution in [0.1, 0.15) is 31.0 Å². The lowest BCUT2D eigenvalue weighted by molar-refractivity contribution is -0.142. The SMILES string of the molecule is CCOC(=O)Cc1csc(NN=Cc2ccccc2N2CCC(O)CC2)n1. The van der Waals surface area contributed by atoms with Crippen molar-refractivity contribution in [2.45, 2.75) is 32.3 Å². The molecule has 144 valence electrons. The van der Waals surface area contributed by atoms with Crippen LogP contribution in [0, 0.1) is 0 Å². The second kappa shape index (κ2) is 9.48. The molecule has 0 radical (unpaired) electrons. The van der Waals surface area contributed by atoms with E-state index in [0.717, 1.165) is 37.2 Å². The first kappa shape index (κ1) is 19.3. The van der Waals surface area contributed by atoms with Gasteiger partial charge in [-0.15, -0.1) is 11.3 Å². The van der Waals surface area contributed by atoms with Gasteiger partial charge in [0.1, 0.15) is 0 Å². The molecular weight excluding hydrogens is 364 g/mol. The minimum atomic E-state index is -0.279. The summed E-state index contributed by atoms with van der Waals surface area (Å²) in [6.07, 6.45) is 3.31. The maximum Gasteiger partial charge on any atom is 0.311 e. The highest BCUT2D eigenvalue weighted by Crippen LogP contribution is 2.23. The van der Waals surface area contributed by atoms with Crippen molar-refractivity contribution >= 4 is 34.3 Å². The van der Waals surface area contributed by atoms with Gasteiger partial charge in [-0.25, -0.2) is 4.98 Å². The van der Waals surface area contributed by atoms with Crippen LogP contribution in [0.5, 0.6) is 0 Å². The monoisotopic (exact) mass is 388 g/mol. The van der Waals surface area contributed by atoms with Crippen molar-refractivity contribution in [3.05, 3.63) is 40.9 Å². The van der Waals surface area contributed by atoms with Crippen molar-refractivity contribution in [2.75, 3.05) is 30.0 Å². The molecule has 2 N–H and O–H groups in total. The largest absolute Gasteiger partial charge is 0.466 e. The normalized spacial score (nSPS) is 15.3. The third-order valence-corrected chi connectivity index (χ3v) is 5.08. The number of para-hydroxylation sites is 1. The van der Waals surface area contributed by atoms with E-state index < -0.39 is 0 Å². The van der Waals surface area contributed by atoms with Crippen molar-refractivity contribution in [1.82, 2.24) is 4.98 Å². The molecule has 8 heteroatoms. The molecule has 1 aromatic heterocycles. The van der Waals surface area contributed by atoms with Crippen LogP contribution in [-0.2, 0) is 16.0 Å². The Labute approximate surface area is 162 Å². The van der Waals surface area contributed by atoms with Gasteiger partial charge in [0.15, 0.2) is 0 Å². The molecule has 1 aliphatic heterocycles. The molecule has 2 aromatic rings. The molecule has 1 fully saturated rings. The Hall–Kier alpha value is -2.45. The lowest BCUT2D eigenvalue weighted by Crippen LogP contribution is -2.36. The molecule has 2 heterocycles. The third kappa shape index (κ3) is 5.51. The number of carbonyl (C=O) groups excluding carboxylic acids is 1. The van der Waals surface area contributed by atoms with Gasteiger partial charge in [-0.3, -0.25) is 10.2 Å². The molecule has 1 aromatic carbocycles. The summed E-state index contributed by atoms with van der Waals surface area (Å²) in [4.78, 5) is 18.1. The number of rotatable bonds is 7. The number of anilines is 2. The zero-order valence-electron chi connectivity index (χ0n) is 15.3. The summed E-state index contributed by atoms with van der Waals surface area (Å²) in [5, 5.41) is 16.4. The molecule has 0 amide bonds. The van der Waals surface area contributed by atoms with E-state index in [0.29, 0.717) is 17.4 Å². The molecule has 27 heavy (non-hydrogen) atoms. The average Bonchev–Trinajstić information content (AvgIpc) is 3.10. The Morgan fingerprint density at radius 1 is 1.44 bits per heavy atom. The molecule has 0 atom stereocenters. The van der Waals surface area contributed by atoms with Crippen molar-refractivity contribution in [1.29, 1.82) is 0 Å². The smallest absolute Gasteiger partial charge is 0.311 e. The maximum absolute atomic E-state index is 11.5. The van der Waals surface area contributed by atoms with Gasteiger partial charge in [-0.05, 0) is 25.8 Å². The van der Waals surface area contributed by atoms with Crippen molar-refractivity contribution in [2.24, 2.45) is 5.10 Å². The molecular formula is C19H24N4O3S. The Morgan fingerprint density at radius 2 is 2.22 bits per heavy atom. The molecule has 0 spiro atoms. The minimum Gasteiger partial charge on any atom is -0.466 e. The predicted octanol–water partition coefficient (Wildman–Crippen LogP) is 2.66. The standard InChI is InChI=1S/C19H24N4O3S/c1-2-26-18(25)11-15-13-27-19(21-15)22-20-12-14-5-3-4-6-17(14)23-9-7-16(24)8-10-23/h3-6,12-13,16,24H,2,7-11H2,1H3,(H,21,22). The van der Waals surface area contributed by atoms with E-state index in [4.69, 9.17) is 4.74 Å². The summed E-state index contributed by atoms with van der Waals surface area (Å²) in [5.74, 6) is -0.279. The number of aliphatic hydroxyl groups is 1. The number of piperidine rings is 1. The minimum absolute atomic E-state index is 0.166. The van der Waals surface area contributed by atoms with Gasteiger partial charge >= 0.3 is 5.97 Å².